The predicted octanol–water partition coefficient (Wildman–Crippen LogP) is 4.09. The van der Waals surface area contributed by atoms with E-state index in [1.165, 1.54) is 6.07 Å². The van der Waals surface area contributed by atoms with Crippen LogP contribution in [0.2, 0.25) is 0 Å². The second kappa shape index (κ2) is 9.84. The number of nitrogens with zero attached hydrogens (tertiary/aromatic N) is 2. The molecule has 0 aliphatic carbocycles. The minimum Gasteiger partial charge on any atom is -0.486 e. The van der Waals surface area contributed by atoms with Gasteiger partial charge in [-0.3, -0.25) is 14.9 Å². The summed E-state index contributed by atoms with van der Waals surface area (Å²) in [5.74, 6) is 0.197. The molecule has 0 atom stereocenters. The van der Waals surface area contributed by atoms with Gasteiger partial charge in [0.1, 0.15) is 18.0 Å². The number of amides is 1. The summed E-state index contributed by atoms with van der Waals surface area (Å²) in [6, 6.07) is 12.0. The third-order valence-electron chi connectivity index (χ3n) is 4.25. The lowest BCUT2D eigenvalue weighted by atomic mass is 10.2. The molecule has 0 fully saturated rings. The molecule has 1 aromatic heterocycles. The number of nitro benzene ring substituents is 1. The minimum absolute atomic E-state index is 0.0114. The maximum Gasteiger partial charge on any atom is 0.292 e. The Morgan fingerprint density at radius 3 is 2.73 bits per heavy atom. The second-order valence-electron chi connectivity index (χ2n) is 6.60. The van der Waals surface area contributed by atoms with Gasteiger partial charge in [-0.2, -0.15) is 0 Å². The zero-order valence-corrected chi connectivity index (χ0v) is 17.5. The van der Waals surface area contributed by atoms with Crippen molar-refractivity contribution in [3.8, 4) is 5.75 Å². The van der Waals surface area contributed by atoms with Gasteiger partial charge in [0.25, 0.3) is 11.6 Å². The Kier molecular flexibility index (Phi) is 6.97. The molecular formula is C21H22N4O4S. The number of carbonyl (C=O) groups is 1. The number of aromatic nitrogens is 1. The summed E-state index contributed by atoms with van der Waals surface area (Å²) in [7, 11) is 0. The fraction of sp³-hybridized carbons (Fsp3) is 0.238. The van der Waals surface area contributed by atoms with Crippen molar-refractivity contribution in [3.05, 3.63) is 79.8 Å². The van der Waals surface area contributed by atoms with E-state index in [9.17, 15) is 14.9 Å². The number of nitrogens with one attached hydrogen (secondary N) is 2. The fourth-order valence-corrected chi connectivity index (χ4v) is 3.41. The molecule has 0 bridgehead atoms. The van der Waals surface area contributed by atoms with E-state index in [1.54, 1.807) is 54.7 Å². The predicted molar refractivity (Wildman–Crippen MR) is 116 cm³/mol. The molecule has 3 rings (SSSR count). The normalized spacial score (nSPS) is 10.5. The second-order valence-corrected chi connectivity index (χ2v) is 7.67. The monoisotopic (exact) mass is 426 g/mol. The number of hydrogen-bond donors (Lipinski definition) is 2. The lowest BCUT2D eigenvalue weighted by Crippen LogP contribution is -2.29. The quantitative estimate of drug-likeness (QED) is 0.303. The highest BCUT2D eigenvalue weighted by Gasteiger charge is 2.14. The molecule has 2 aromatic carbocycles. The number of ether oxygens (including phenoxy) is 1. The summed E-state index contributed by atoms with van der Waals surface area (Å²) in [5.41, 5.74) is 2.48. The number of benzene rings is 2. The van der Waals surface area contributed by atoms with E-state index in [0.29, 0.717) is 30.1 Å². The third kappa shape index (κ3) is 5.54. The molecule has 0 aliphatic rings. The van der Waals surface area contributed by atoms with Crippen LogP contribution < -0.4 is 15.4 Å². The van der Waals surface area contributed by atoms with E-state index >= 15 is 0 Å². The van der Waals surface area contributed by atoms with Gasteiger partial charge in [-0.25, -0.2) is 4.98 Å². The molecule has 156 valence electrons. The van der Waals surface area contributed by atoms with Gasteiger partial charge in [0.05, 0.1) is 21.2 Å². The summed E-state index contributed by atoms with van der Waals surface area (Å²) in [6.45, 7) is 4.65. The molecular weight excluding hydrogens is 404 g/mol. The number of para-hydroxylation sites is 1. The van der Waals surface area contributed by atoms with Crippen LogP contribution in [0, 0.1) is 24.0 Å². The molecule has 0 saturated heterocycles. The summed E-state index contributed by atoms with van der Waals surface area (Å²) >= 11 is 1.55. The van der Waals surface area contributed by atoms with E-state index in [1.807, 2.05) is 12.3 Å². The lowest BCUT2D eigenvalue weighted by molar-refractivity contribution is -0.384. The van der Waals surface area contributed by atoms with Crippen LogP contribution >= 0.6 is 11.3 Å². The zero-order valence-electron chi connectivity index (χ0n) is 16.7. The molecule has 0 saturated carbocycles. The molecule has 1 heterocycles. The number of rotatable bonds is 9. The van der Waals surface area contributed by atoms with Crippen molar-refractivity contribution in [3.63, 3.8) is 0 Å². The number of thiazole rings is 1. The number of hydrogen-bond acceptors (Lipinski definition) is 7. The third-order valence-corrected chi connectivity index (χ3v) is 5.07. The van der Waals surface area contributed by atoms with E-state index in [0.717, 1.165) is 16.3 Å². The molecule has 8 nitrogen and oxygen atoms in total. The van der Waals surface area contributed by atoms with Crippen molar-refractivity contribution in [1.82, 2.24) is 10.3 Å². The Hall–Kier alpha value is -3.46. The topological polar surface area (TPSA) is 106 Å². The van der Waals surface area contributed by atoms with E-state index < -0.39 is 4.92 Å². The average Bonchev–Trinajstić information content (AvgIpc) is 3.15. The maximum absolute atomic E-state index is 12.6. The van der Waals surface area contributed by atoms with Crippen molar-refractivity contribution < 1.29 is 14.5 Å². The lowest BCUT2D eigenvalue weighted by Gasteiger charge is -2.12. The molecule has 2 N–H and O–H groups in total. The first-order valence-electron chi connectivity index (χ1n) is 9.34. The number of aryl methyl sites for hydroxylation is 2. The number of nitro groups is 1. The molecule has 0 spiro atoms. The van der Waals surface area contributed by atoms with Crippen molar-refractivity contribution in [2.24, 2.45) is 0 Å². The first-order valence-corrected chi connectivity index (χ1v) is 10.2. The first kappa shape index (κ1) is 21.3. The molecule has 30 heavy (non-hydrogen) atoms. The van der Waals surface area contributed by atoms with E-state index in [4.69, 9.17) is 4.74 Å². The minimum atomic E-state index is -0.425. The Balaban J connectivity index is 1.55. The van der Waals surface area contributed by atoms with Gasteiger partial charge in [0, 0.05) is 24.5 Å². The van der Waals surface area contributed by atoms with Crippen molar-refractivity contribution in [1.29, 1.82) is 0 Å². The summed E-state index contributed by atoms with van der Waals surface area (Å²) in [4.78, 5) is 27.7. The Bertz CT molecular complexity index is 1050. The summed E-state index contributed by atoms with van der Waals surface area (Å²) in [5, 5.41) is 19.9. The Labute approximate surface area is 178 Å². The Morgan fingerprint density at radius 2 is 2.00 bits per heavy atom. The molecule has 9 heteroatoms. The molecule has 3 aromatic rings. The fourth-order valence-electron chi connectivity index (χ4n) is 2.82. The highest BCUT2D eigenvalue weighted by Crippen LogP contribution is 2.25. The number of anilines is 1. The van der Waals surface area contributed by atoms with Crippen LogP contribution in [0.5, 0.6) is 5.75 Å². The summed E-state index contributed by atoms with van der Waals surface area (Å²) in [6.07, 6.45) is 0. The van der Waals surface area contributed by atoms with Crippen LogP contribution in [0.4, 0.5) is 11.4 Å². The van der Waals surface area contributed by atoms with Crippen molar-refractivity contribution in [2.75, 3.05) is 18.4 Å². The van der Waals surface area contributed by atoms with Crippen molar-refractivity contribution >= 4 is 28.6 Å². The van der Waals surface area contributed by atoms with Gasteiger partial charge in [-0.1, -0.05) is 18.2 Å². The first-order chi connectivity index (χ1) is 14.4. The van der Waals surface area contributed by atoms with Crippen LogP contribution in [0.25, 0.3) is 0 Å². The molecule has 0 radical (unpaired) electrons. The molecule has 0 aliphatic heterocycles. The maximum atomic E-state index is 12.6. The van der Waals surface area contributed by atoms with Crippen LogP contribution in [0.3, 0.4) is 0 Å². The number of carbonyl (C=O) groups excluding carboxylic acids is 1. The molecule has 1 amide bonds. The van der Waals surface area contributed by atoms with E-state index in [-0.39, 0.29) is 18.2 Å². The Morgan fingerprint density at radius 1 is 1.20 bits per heavy atom. The average molecular weight is 426 g/mol. The molecule has 0 unspecified atom stereocenters. The van der Waals surface area contributed by atoms with Gasteiger partial charge in [-0.15, -0.1) is 11.3 Å². The summed E-state index contributed by atoms with van der Waals surface area (Å²) < 4.78 is 5.78. The zero-order chi connectivity index (χ0) is 21.5. The highest BCUT2D eigenvalue weighted by molar-refractivity contribution is 7.09. The van der Waals surface area contributed by atoms with Crippen LogP contribution in [-0.4, -0.2) is 28.9 Å². The SMILES string of the molecule is Cc1ccc(NCCNC(=O)c2ccccc2OCc2csc(C)n2)c([N+](=O)[O-])c1. The van der Waals surface area contributed by atoms with Gasteiger partial charge in [-0.05, 0) is 37.6 Å². The van der Waals surface area contributed by atoms with Crippen LogP contribution in [0.15, 0.2) is 47.8 Å². The standard InChI is InChI=1S/C21H22N4O4S/c1-14-7-8-18(19(11-14)25(27)28)22-9-10-23-21(26)17-5-3-4-6-20(17)29-12-16-13-30-15(2)24-16/h3-8,11,13,22H,9-10,12H2,1-2H3,(H,23,26). The van der Waals surface area contributed by atoms with Crippen LogP contribution in [0.1, 0.15) is 26.6 Å². The van der Waals surface area contributed by atoms with Crippen LogP contribution in [-0.2, 0) is 6.61 Å². The van der Waals surface area contributed by atoms with E-state index in [2.05, 4.69) is 15.6 Å². The van der Waals surface area contributed by atoms with Gasteiger partial charge in [0.2, 0.25) is 0 Å². The highest BCUT2D eigenvalue weighted by atomic mass is 32.1. The van der Waals surface area contributed by atoms with Gasteiger partial charge < -0.3 is 15.4 Å². The van der Waals surface area contributed by atoms with Crippen molar-refractivity contribution in [2.45, 2.75) is 20.5 Å². The van der Waals surface area contributed by atoms with Gasteiger partial charge in [0.15, 0.2) is 0 Å². The largest absolute Gasteiger partial charge is 0.486 e. The smallest absolute Gasteiger partial charge is 0.292 e. The van der Waals surface area contributed by atoms with Gasteiger partial charge >= 0.3 is 0 Å².